The molecule has 0 saturated carbocycles. The van der Waals surface area contributed by atoms with E-state index < -0.39 is 0 Å². The monoisotopic (exact) mass is 288 g/mol. The number of hydrogen-bond acceptors (Lipinski definition) is 2. The van der Waals surface area contributed by atoms with Gasteiger partial charge in [-0.05, 0) is 37.7 Å². The van der Waals surface area contributed by atoms with E-state index in [0.29, 0.717) is 18.1 Å². The third-order valence-electron chi connectivity index (χ3n) is 4.77. The van der Waals surface area contributed by atoms with Crippen LogP contribution in [0.4, 0.5) is 0 Å². The highest BCUT2D eigenvalue weighted by Crippen LogP contribution is 2.20. The van der Waals surface area contributed by atoms with Gasteiger partial charge in [-0.2, -0.15) is 0 Å². The molecule has 1 aliphatic heterocycles. The van der Waals surface area contributed by atoms with Gasteiger partial charge in [0, 0.05) is 31.2 Å². The van der Waals surface area contributed by atoms with Gasteiger partial charge >= 0.3 is 0 Å². The maximum absolute atomic E-state index is 3.79. The van der Waals surface area contributed by atoms with Crippen LogP contribution in [0.5, 0.6) is 0 Å². The van der Waals surface area contributed by atoms with Crippen LogP contribution in [-0.4, -0.2) is 36.1 Å². The van der Waals surface area contributed by atoms with Crippen molar-refractivity contribution in [2.24, 2.45) is 5.92 Å². The zero-order chi connectivity index (χ0) is 15.2. The fraction of sp³-hybridized carbons (Fsp3) is 0.684. The minimum atomic E-state index is 0.588. The summed E-state index contributed by atoms with van der Waals surface area (Å²) in [5.74, 6) is 0.772. The molecule has 1 N–H and O–H groups in total. The number of piperazine rings is 1. The number of nitrogens with one attached hydrogen (secondary N) is 1. The molecule has 21 heavy (non-hydrogen) atoms. The molecule has 3 unspecified atom stereocenters. The Balaban J connectivity index is 1.98. The Bertz CT molecular complexity index is 401. The number of benzene rings is 1. The highest BCUT2D eigenvalue weighted by Gasteiger charge is 2.30. The summed E-state index contributed by atoms with van der Waals surface area (Å²) in [6.07, 6.45) is 3.68. The second-order valence-corrected chi connectivity index (χ2v) is 7.03. The van der Waals surface area contributed by atoms with Crippen molar-refractivity contribution in [3.63, 3.8) is 0 Å². The van der Waals surface area contributed by atoms with Crippen molar-refractivity contribution in [3.05, 3.63) is 35.9 Å². The fourth-order valence-electron chi connectivity index (χ4n) is 3.46. The van der Waals surface area contributed by atoms with Gasteiger partial charge in [0.05, 0.1) is 0 Å². The molecule has 2 nitrogen and oxygen atoms in total. The molecule has 0 radical (unpaired) electrons. The molecule has 1 saturated heterocycles. The van der Waals surface area contributed by atoms with E-state index in [0.717, 1.165) is 18.9 Å². The molecule has 0 spiro atoms. The van der Waals surface area contributed by atoms with Gasteiger partial charge in [0.25, 0.3) is 0 Å². The quantitative estimate of drug-likeness (QED) is 0.858. The van der Waals surface area contributed by atoms with E-state index in [1.54, 1.807) is 0 Å². The first kappa shape index (κ1) is 16.5. The molecule has 0 bridgehead atoms. The predicted molar refractivity (Wildman–Crippen MR) is 91.6 cm³/mol. The molecule has 1 heterocycles. The van der Waals surface area contributed by atoms with Gasteiger partial charge in [-0.15, -0.1) is 0 Å². The van der Waals surface area contributed by atoms with E-state index in [9.17, 15) is 0 Å². The zero-order valence-electron chi connectivity index (χ0n) is 14.2. The van der Waals surface area contributed by atoms with Gasteiger partial charge in [0.15, 0.2) is 0 Å². The first-order valence-electron chi connectivity index (χ1n) is 8.63. The Morgan fingerprint density at radius 3 is 2.52 bits per heavy atom. The lowest BCUT2D eigenvalue weighted by Gasteiger charge is -2.44. The van der Waals surface area contributed by atoms with Gasteiger partial charge in [-0.3, -0.25) is 4.90 Å². The fourth-order valence-corrected chi connectivity index (χ4v) is 3.46. The molecule has 118 valence electrons. The first-order chi connectivity index (χ1) is 10.1. The van der Waals surface area contributed by atoms with E-state index in [-0.39, 0.29) is 0 Å². The Morgan fingerprint density at radius 2 is 1.90 bits per heavy atom. The third kappa shape index (κ3) is 4.82. The van der Waals surface area contributed by atoms with Crippen LogP contribution in [0.15, 0.2) is 30.3 Å². The standard InChI is InChI=1S/C19H32N2/c1-5-16(4)21-14-18(12-17-9-7-6-8-10-17)20-13-19(21)11-15(2)3/h6-10,15-16,18-20H,5,11-14H2,1-4H3. The topological polar surface area (TPSA) is 15.3 Å². The van der Waals surface area contributed by atoms with E-state index in [2.05, 4.69) is 68.2 Å². The van der Waals surface area contributed by atoms with Crippen molar-refractivity contribution in [1.82, 2.24) is 10.2 Å². The summed E-state index contributed by atoms with van der Waals surface area (Å²) in [6, 6.07) is 12.9. The maximum atomic E-state index is 3.79. The van der Waals surface area contributed by atoms with Gasteiger partial charge in [-0.25, -0.2) is 0 Å². The molecule has 0 amide bonds. The van der Waals surface area contributed by atoms with Crippen LogP contribution in [0.1, 0.15) is 46.1 Å². The Kier molecular flexibility index (Phi) is 6.25. The van der Waals surface area contributed by atoms with Gasteiger partial charge in [-0.1, -0.05) is 51.1 Å². The normalized spacial score (nSPS) is 25.2. The molecular formula is C19H32N2. The number of hydrogen-bond donors (Lipinski definition) is 1. The Labute approximate surface area is 130 Å². The molecule has 1 aliphatic rings. The third-order valence-corrected chi connectivity index (χ3v) is 4.77. The number of rotatable bonds is 6. The summed E-state index contributed by atoms with van der Waals surface area (Å²) >= 11 is 0. The lowest BCUT2D eigenvalue weighted by atomic mass is 9.95. The minimum Gasteiger partial charge on any atom is -0.311 e. The van der Waals surface area contributed by atoms with Crippen LogP contribution in [-0.2, 0) is 6.42 Å². The van der Waals surface area contributed by atoms with Crippen LogP contribution in [0.25, 0.3) is 0 Å². The summed E-state index contributed by atoms with van der Waals surface area (Å²) in [5, 5.41) is 3.79. The molecule has 1 aromatic carbocycles. The summed E-state index contributed by atoms with van der Waals surface area (Å²) in [7, 11) is 0. The van der Waals surface area contributed by atoms with Crippen LogP contribution in [0.2, 0.25) is 0 Å². The highest BCUT2D eigenvalue weighted by atomic mass is 15.2. The molecule has 0 aliphatic carbocycles. The Hall–Kier alpha value is -0.860. The molecule has 0 aromatic heterocycles. The molecule has 2 heteroatoms. The predicted octanol–water partition coefficient (Wildman–Crippen LogP) is 3.72. The average molecular weight is 288 g/mol. The van der Waals surface area contributed by atoms with Crippen LogP contribution in [0.3, 0.4) is 0 Å². The Morgan fingerprint density at radius 1 is 1.19 bits per heavy atom. The van der Waals surface area contributed by atoms with Gasteiger partial charge < -0.3 is 5.32 Å². The molecule has 1 fully saturated rings. The minimum absolute atomic E-state index is 0.588. The van der Waals surface area contributed by atoms with Crippen LogP contribution in [0, 0.1) is 5.92 Å². The largest absolute Gasteiger partial charge is 0.311 e. The summed E-state index contributed by atoms with van der Waals surface area (Å²) in [5.41, 5.74) is 1.45. The van der Waals surface area contributed by atoms with Gasteiger partial charge in [0.1, 0.15) is 0 Å². The average Bonchev–Trinajstić information content (AvgIpc) is 2.48. The second-order valence-electron chi connectivity index (χ2n) is 7.03. The summed E-state index contributed by atoms with van der Waals surface area (Å²) in [6.45, 7) is 11.7. The van der Waals surface area contributed by atoms with Crippen LogP contribution >= 0.6 is 0 Å². The summed E-state index contributed by atoms with van der Waals surface area (Å²) < 4.78 is 0. The van der Waals surface area contributed by atoms with Crippen LogP contribution < -0.4 is 5.32 Å². The number of nitrogens with zero attached hydrogens (tertiary/aromatic N) is 1. The van der Waals surface area contributed by atoms with Gasteiger partial charge in [0.2, 0.25) is 0 Å². The smallest absolute Gasteiger partial charge is 0.0236 e. The summed E-state index contributed by atoms with van der Waals surface area (Å²) in [4.78, 5) is 2.75. The first-order valence-corrected chi connectivity index (χ1v) is 8.63. The lowest BCUT2D eigenvalue weighted by molar-refractivity contribution is 0.0743. The van der Waals surface area contributed by atoms with Crippen molar-refractivity contribution in [3.8, 4) is 0 Å². The SMILES string of the molecule is CCC(C)N1CC(Cc2ccccc2)NCC1CC(C)C. The maximum Gasteiger partial charge on any atom is 0.0236 e. The van der Waals surface area contributed by atoms with E-state index >= 15 is 0 Å². The highest BCUT2D eigenvalue weighted by molar-refractivity contribution is 5.16. The van der Waals surface area contributed by atoms with Crippen molar-refractivity contribution < 1.29 is 0 Å². The van der Waals surface area contributed by atoms with E-state index in [1.807, 2.05) is 0 Å². The molecule has 3 atom stereocenters. The van der Waals surface area contributed by atoms with E-state index in [1.165, 1.54) is 24.9 Å². The lowest BCUT2D eigenvalue weighted by Crippen LogP contribution is -2.59. The van der Waals surface area contributed by atoms with E-state index in [4.69, 9.17) is 0 Å². The molecular weight excluding hydrogens is 256 g/mol. The molecule has 2 rings (SSSR count). The molecule has 1 aromatic rings. The zero-order valence-corrected chi connectivity index (χ0v) is 14.2. The van der Waals surface area contributed by atoms with Crippen molar-refractivity contribution in [2.75, 3.05) is 13.1 Å². The van der Waals surface area contributed by atoms with Crippen molar-refractivity contribution >= 4 is 0 Å². The second kappa shape index (κ2) is 7.95. The van der Waals surface area contributed by atoms with Crippen molar-refractivity contribution in [2.45, 2.75) is 65.1 Å². The van der Waals surface area contributed by atoms with Crippen molar-refractivity contribution in [1.29, 1.82) is 0 Å².